The van der Waals surface area contributed by atoms with Crippen molar-refractivity contribution in [1.29, 1.82) is 0 Å². The van der Waals surface area contributed by atoms with E-state index in [1.807, 2.05) is 0 Å². The number of benzene rings is 2. The standard InChI is InChI=1S/C16H11Cl2NO5/c1-9(15(20)10-2-4-11(17)5-3-10)24-16(21)13-8-12(19(22)23)6-7-14(13)18/h2-9H,1H3/t9-/m1/s1. The van der Waals surface area contributed by atoms with Gasteiger partial charge in [0.25, 0.3) is 5.69 Å². The number of nitro groups is 1. The Bertz CT molecular complexity index is 805. The van der Waals surface area contributed by atoms with E-state index in [-0.39, 0.29) is 16.3 Å². The summed E-state index contributed by atoms with van der Waals surface area (Å²) in [6, 6.07) is 9.50. The van der Waals surface area contributed by atoms with Gasteiger partial charge in [-0.3, -0.25) is 14.9 Å². The highest BCUT2D eigenvalue weighted by atomic mass is 35.5. The second-order valence-corrected chi connectivity index (χ2v) is 5.68. The van der Waals surface area contributed by atoms with Gasteiger partial charge in [0.2, 0.25) is 5.78 Å². The monoisotopic (exact) mass is 367 g/mol. The molecule has 0 bridgehead atoms. The summed E-state index contributed by atoms with van der Waals surface area (Å²) in [6.45, 7) is 1.40. The first-order valence-corrected chi connectivity index (χ1v) is 7.50. The molecule has 8 heteroatoms. The van der Waals surface area contributed by atoms with Crippen LogP contribution in [0.4, 0.5) is 5.69 Å². The molecule has 0 aliphatic heterocycles. The van der Waals surface area contributed by atoms with Gasteiger partial charge in [-0.1, -0.05) is 23.2 Å². The van der Waals surface area contributed by atoms with Crippen LogP contribution < -0.4 is 0 Å². The molecular weight excluding hydrogens is 357 g/mol. The second-order valence-electron chi connectivity index (χ2n) is 4.84. The highest BCUT2D eigenvalue weighted by molar-refractivity contribution is 6.33. The van der Waals surface area contributed by atoms with Crippen LogP contribution in [0.3, 0.4) is 0 Å². The maximum atomic E-state index is 12.2. The quantitative estimate of drug-likeness (QED) is 0.339. The molecule has 6 nitrogen and oxygen atoms in total. The lowest BCUT2D eigenvalue weighted by molar-refractivity contribution is -0.384. The number of nitrogens with zero attached hydrogens (tertiary/aromatic N) is 1. The number of carbonyl (C=O) groups is 2. The van der Waals surface area contributed by atoms with Crippen LogP contribution >= 0.6 is 23.2 Å². The van der Waals surface area contributed by atoms with Crippen LogP contribution in [0.15, 0.2) is 42.5 Å². The van der Waals surface area contributed by atoms with Crippen molar-refractivity contribution in [3.05, 3.63) is 73.8 Å². The number of ketones is 1. The van der Waals surface area contributed by atoms with Crippen molar-refractivity contribution in [3.8, 4) is 0 Å². The molecule has 0 heterocycles. The van der Waals surface area contributed by atoms with Gasteiger partial charge in [-0.25, -0.2) is 4.79 Å². The van der Waals surface area contributed by atoms with Crippen LogP contribution in [-0.4, -0.2) is 22.8 Å². The molecule has 24 heavy (non-hydrogen) atoms. The fourth-order valence-corrected chi connectivity index (χ4v) is 2.23. The summed E-state index contributed by atoms with van der Waals surface area (Å²) in [5, 5.41) is 11.2. The van der Waals surface area contributed by atoms with E-state index in [1.165, 1.54) is 31.2 Å². The predicted molar refractivity (Wildman–Crippen MR) is 88.8 cm³/mol. The first-order valence-electron chi connectivity index (χ1n) is 6.74. The van der Waals surface area contributed by atoms with Gasteiger partial charge in [-0.2, -0.15) is 0 Å². The molecule has 0 radical (unpaired) electrons. The van der Waals surface area contributed by atoms with Crippen molar-refractivity contribution in [2.45, 2.75) is 13.0 Å². The number of hydrogen-bond acceptors (Lipinski definition) is 5. The fraction of sp³-hybridized carbons (Fsp3) is 0.125. The molecule has 2 aromatic carbocycles. The molecule has 0 aliphatic rings. The third-order valence-corrected chi connectivity index (χ3v) is 3.74. The Morgan fingerprint density at radius 3 is 2.33 bits per heavy atom. The van der Waals surface area contributed by atoms with Crippen molar-refractivity contribution in [1.82, 2.24) is 0 Å². The molecule has 1 atom stereocenters. The normalized spacial score (nSPS) is 11.6. The SMILES string of the molecule is C[C@@H](OC(=O)c1cc([N+](=O)[O-])ccc1Cl)C(=O)c1ccc(Cl)cc1. The first kappa shape index (κ1) is 17.9. The maximum Gasteiger partial charge on any atom is 0.340 e. The van der Waals surface area contributed by atoms with Gasteiger partial charge >= 0.3 is 5.97 Å². The number of halogens is 2. The number of nitro benzene ring substituents is 1. The summed E-state index contributed by atoms with van der Waals surface area (Å²) in [5.41, 5.74) is -0.158. The molecule has 0 aliphatic carbocycles. The van der Waals surface area contributed by atoms with Crippen LogP contribution in [0.5, 0.6) is 0 Å². The first-order chi connectivity index (χ1) is 11.3. The third kappa shape index (κ3) is 4.10. The summed E-state index contributed by atoms with van der Waals surface area (Å²) >= 11 is 11.6. The van der Waals surface area contributed by atoms with Crippen molar-refractivity contribution in [2.24, 2.45) is 0 Å². The van der Waals surface area contributed by atoms with Crippen LogP contribution in [-0.2, 0) is 4.74 Å². The largest absolute Gasteiger partial charge is 0.451 e. The number of ether oxygens (including phenoxy) is 1. The third-order valence-electron chi connectivity index (χ3n) is 3.16. The molecule has 2 rings (SSSR count). The maximum absolute atomic E-state index is 12.2. The lowest BCUT2D eigenvalue weighted by Crippen LogP contribution is -2.24. The van der Waals surface area contributed by atoms with E-state index in [0.717, 1.165) is 6.07 Å². The molecule has 0 fully saturated rings. The van der Waals surface area contributed by atoms with Crippen molar-refractivity contribution >= 4 is 40.6 Å². The van der Waals surface area contributed by atoms with Gasteiger partial charge in [0.1, 0.15) is 0 Å². The summed E-state index contributed by atoms with van der Waals surface area (Å²) in [4.78, 5) is 34.5. The predicted octanol–water partition coefficient (Wildman–Crippen LogP) is 4.33. The smallest absolute Gasteiger partial charge is 0.340 e. The summed E-state index contributed by atoms with van der Waals surface area (Å²) in [7, 11) is 0. The highest BCUT2D eigenvalue weighted by Crippen LogP contribution is 2.23. The van der Waals surface area contributed by atoms with Crippen molar-refractivity contribution < 1.29 is 19.2 Å². The van der Waals surface area contributed by atoms with Gasteiger partial charge < -0.3 is 4.74 Å². The number of non-ortho nitro benzene ring substituents is 1. The number of hydrogen-bond donors (Lipinski definition) is 0. The molecule has 0 amide bonds. The van der Waals surface area contributed by atoms with E-state index in [2.05, 4.69) is 0 Å². The minimum Gasteiger partial charge on any atom is -0.451 e. The lowest BCUT2D eigenvalue weighted by Gasteiger charge is -2.13. The Labute approximate surface area is 147 Å². The summed E-state index contributed by atoms with van der Waals surface area (Å²) in [6.07, 6.45) is -1.09. The van der Waals surface area contributed by atoms with Crippen LogP contribution in [0, 0.1) is 10.1 Å². The fourth-order valence-electron chi connectivity index (χ4n) is 1.91. The molecule has 124 valence electrons. The molecule has 2 aromatic rings. The average molecular weight is 368 g/mol. The lowest BCUT2D eigenvalue weighted by atomic mass is 10.1. The van der Waals surface area contributed by atoms with Gasteiger partial charge in [-0.05, 0) is 37.3 Å². The Hall–Kier alpha value is -2.44. The number of carbonyl (C=O) groups excluding carboxylic acids is 2. The second kappa shape index (κ2) is 7.42. The van der Waals surface area contributed by atoms with Crippen molar-refractivity contribution in [3.63, 3.8) is 0 Å². The van der Waals surface area contributed by atoms with Crippen LogP contribution in [0.2, 0.25) is 10.0 Å². The summed E-state index contributed by atoms with van der Waals surface area (Å²) < 4.78 is 5.07. The van der Waals surface area contributed by atoms with Gasteiger partial charge in [0.05, 0.1) is 15.5 Å². The molecule has 0 saturated heterocycles. The molecule has 0 aromatic heterocycles. The van der Waals surface area contributed by atoms with E-state index >= 15 is 0 Å². The minimum absolute atomic E-state index is 0.00302. The van der Waals surface area contributed by atoms with Crippen LogP contribution in [0.25, 0.3) is 0 Å². The van der Waals surface area contributed by atoms with Gasteiger partial charge in [-0.15, -0.1) is 0 Å². The van der Waals surface area contributed by atoms with E-state index in [0.29, 0.717) is 10.6 Å². The van der Waals surface area contributed by atoms with E-state index < -0.39 is 22.8 Å². The number of Topliss-reactive ketones (excluding diaryl/α,β-unsaturated/α-hetero) is 1. The zero-order valence-electron chi connectivity index (χ0n) is 12.4. The Morgan fingerprint density at radius 2 is 1.75 bits per heavy atom. The number of rotatable bonds is 5. The summed E-state index contributed by atoms with van der Waals surface area (Å²) in [5.74, 6) is -1.35. The highest BCUT2D eigenvalue weighted by Gasteiger charge is 2.23. The molecule has 0 saturated carbocycles. The Balaban J connectivity index is 2.17. The number of esters is 1. The average Bonchev–Trinajstić information content (AvgIpc) is 2.54. The molecular formula is C16H11Cl2NO5. The van der Waals surface area contributed by atoms with Crippen LogP contribution in [0.1, 0.15) is 27.6 Å². The zero-order chi connectivity index (χ0) is 17.9. The van der Waals surface area contributed by atoms with E-state index in [4.69, 9.17) is 27.9 Å². The molecule has 0 N–H and O–H groups in total. The minimum atomic E-state index is -1.09. The van der Waals surface area contributed by atoms with Gasteiger partial charge in [0, 0.05) is 22.7 Å². The molecule has 0 spiro atoms. The van der Waals surface area contributed by atoms with Crippen molar-refractivity contribution in [2.75, 3.05) is 0 Å². The Kier molecular flexibility index (Phi) is 5.54. The molecule has 0 unspecified atom stereocenters. The zero-order valence-corrected chi connectivity index (χ0v) is 13.9. The van der Waals surface area contributed by atoms with Gasteiger partial charge in [0.15, 0.2) is 6.10 Å². The Morgan fingerprint density at radius 1 is 1.12 bits per heavy atom. The topological polar surface area (TPSA) is 86.5 Å². The van der Waals surface area contributed by atoms with E-state index in [1.54, 1.807) is 12.1 Å². The van der Waals surface area contributed by atoms with E-state index in [9.17, 15) is 19.7 Å².